The average Bonchev–Trinajstić information content (AvgIpc) is 2.18. The van der Waals surface area contributed by atoms with E-state index < -0.39 is 0 Å². The first kappa shape index (κ1) is 11.5. The smallest absolute Gasteiger partial charge is 0.122 e. The lowest BCUT2D eigenvalue weighted by Gasteiger charge is -2.25. The van der Waals surface area contributed by atoms with E-state index in [0.717, 1.165) is 18.3 Å². The summed E-state index contributed by atoms with van der Waals surface area (Å²) in [7, 11) is 0. The maximum absolute atomic E-state index is 5.93. The Morgan fingerprint density at radius 1 is 1.31 bits per heavy atom. The van der Waals surface area contributed by atoms with E-state index in [-0.39, 0.29) is 0 Å². The van der Waals surface area contributed by atoms with Crippen LogP contribution in [0.1, 0.15) is 50.2 Å². The molecule has 1 aliphatic rings. The summed E-state index contributed by atoms with van der Waals surface area (Å²) in [5.41, 5.74) is 2.62. The molecular weight excluding hydrogens is 196 g/mol. The summed E-state index contributed by atoms with van der Waals surface area (Å²) in [6.45, 7) is 7.48. The van der Waals surface area contributed by atoms with E-state index in [4.69, 9.17) is 4.74 Å². The lowest BCUT2D eigenvalue weighted by Crippen LogP contribution is -2.19. The number of aryl methyl sites for hydroxylation is 1. The van der Waals surface area contributed by atoms with Crippen LogP contribution >= 0.6 is 0 Å². The van der Waals surface area contributed by atoms with Gasteiger partial charge in [-0.15, -0.1) is 0 Å². The fourth-order valence-electron chi connectivity index (χ4n) is 2.00. The van der Waals surface area contributed by atoms with E-state index >= 15 is 0 Å². The van der Waals surface area contributed by atoms with Crippen molar-refractivity contribution in [1.29, 1.82) is 0 Å². The van der Waals surface area contributed by atoms with Gasteiger partial charge in [0, 0.05) is 0 Å². The monoisotopic (exact) mass is 218 g/mol. The minimum absolute atomic E-state index is 0.576. The Bertz CT molecular complexity index is 350. The predicted molar refractivity (Wildman–Crippen MR) is 68.1 cm³/mol. The molecule has 0 aromatic heterocycles. The van der Waals surface area contributed by atoms with Crippen LogP contribution in [0.5, 0.6) is 5.75 Å². The van der Waals surface area contributed by atoms with Crippen molar-refractivity contribution in [1.82, 2.24) is 0 Å². The second-order valence-electron chi connectivity index (χ2n) is 5.29. The van der Waals surface area contributed by atoms with Gasteiger partial charge in [-0.3, -0.25) is 0 Å². The highest BCUT2D eigenvalue weighted by Gasteiger charge is 2.18. The van der Waals surface area contributed by atoms with Gasteiger partial charge < -0.3 is 4.74 Å². The molecule has 0 aliphatic heterocycles. The Kier molecular flexibility index (Phi) is 3.52. The van der Waals surface area contributed by atoms with Crippen LogP contribution in [0, 0.1) is 12.8 Å². The Morgan fingerprint density at radius 3 is 2.62 bits per heavy atom. The summed E-state index contributed by atoms with van der Waals surface area (Å²) in [5, 5.41) is 0. The maximum atomic E-state index is 5.93. The molecule has 1 aromatic carbocycles. The molecule has 2 rings (SSSR count). The van der Waals surface area contributed by atoms with Crippen molar-refractivity contribution in [3.8, 4) is 5.75 Å². The fraction of sp³-hybridized carbons (Fsp3) is 0.600. The van der Waals surface area contributed by atoms with Crippen molar-refractivity contribution >= 4 is 0 Å². The van der Waals surface area contributed by atoms with Crippen LogP contribution < -0.4 is 4.74 Å². The number of hydrogen-bond acceptors (Lipinski definition) is 1. The molecule has 88 valence electrons. The Labute approximate surface area is 98.8 Å². The summed E-state index contributed by atoms with van der Waals surface area (Å²) in [6, 6.07) is 6.58. The van der Waals surface area contributed by atoms with Crippen molar-refractivity contribution in [2.45, 2.75) is 46.0 Å². The van der Waals surface area contributed by atoms with E-state index in [1.54, 1.807) is 0 Å². The highest BCUT2D eigenvalue weighted by molar-refractivity contribution is 5.37. The third kappa shape index (κ3) is 2.58. The normalized spacial score (nSPS) is 16.2. The predicted octanol–water partition coefficient (Wildman–Crippen LogP) is 4.30. The van der Waals surface area contributed by atoms with Crippen molar-refractivity contribution < 1.29 is 4.74 Å². The largest absolute Gasteiger partial charge is 0.493 e. The molecule has 0 bridgehead atoms. The molecule has 0 heterocycles. The zero-order valence-corrected chi connectivity index (χ0v) is 10.6. The van der Waals surface area contributed by atoms with Crippen LogP contribution in [0.3, 0.4) is 0 Å². The third-order valence-electron chi connectivity index (χ3n) is 3.58. The second kappa shape index (κ2) is 4.90. The van der Waals surface area contributed by atoms with Gasteiger partial charge in [-0.05, 0) is 48.8 Å². The van der Waals surface area contributed by atoms with Gasteiger partial charge in [0.1, 0.15) is 5.75 Å². The average molecular weight is 218 g/mol. The van der Waals surface area contributed by atoms with Crippen LogP contribution in [-0.2, 0) is 0 Å². The highest BCUT2D eigenvalue weighted by atomic mass is 16.5. The quantitative estimate of drug-likeness (QED) is 0.732. The minimum atomic E-state index is 0.576. The van der Waals surface area contributed by atoms with Crippen molar-refractivity contribution in [2.75, 3.05) is 6.61 Å². The third-order valence-corrected chi connectivity index (χ3v) is 3.58. The molecule has 0 spiro atoms. The Morgan fingerprint density at radius 2 is 2.06 bits per heavy atom. The topological polar surface area (TPSA) is 9.23 Å². The standard InChI is InChI=1S/C15H22O/c1-11(2)14-8-7-12(3)15(9-14)16-10-13-5-4-6-13/h7-9,11,13H,4-6,10H2,1-3H3. The van der Waals surface area contributed by atoms with Crippen molar-refractivity contribution in [3.63, 3.8) is 0 Å². The summed E-state index contributed by atoms with van der Waals surface area (Å²) in [4.78, 5) is 0. The minimum Gasteiger partial charge on any atom is -0.493 e. The molecule has 1 nitrogen and oxygen atoms in total. The number of ether oxygens (including phenoxy) is 1. The first-order valence-electron chi connectivity index (χ1n) is 6.40. The lowest BCUT2D eigenvalue weighted by atomic mass is 9.86. The lowest BCUT2D eigenvalue weighted by molar-refractivity contribution is 0.179. The first-order valence-corrected chi connectivity index (χ1v) is 6.40. The molecule has 0 saturated heterocycles. The van der Waals surface area contributed by atoms with Crippen LogP contribution in [-0.4, -0.2) is 6.61 Å². The molecule has 1 aliphatic carbocycles. The number of hydrogen-bond donors (Lipinski definition) is 0. The molecule has 1 aromatic rings. The maximum Gasteiger partial charge on any atom is 0.122 e. The molecule has 1 heteroatoms. The van der Waals surface area contributed by atoms with Gasteiger partial charge in [-0.25, -0.2) is 0 Å². The molecule has 16 heavy (non-hydrogen) atoms. The molecule has 0 atom stereocenters. The van der Waals surface area contributed by atoms with E-state index in [2.05, 4.69) is 39.0 Å². The van der Waals surface area contributed by atoms with Crippen molar-refractivity contribution in [2.24, 2.45) is 5.92 Å². The Hall–Kier alpha value is -0.980. The fourth-order valence-corrected chi connectivity index (χ4v) is 2.00. The van der Waals surface area contributed by atoms with Gasteiger partial charge in [-0.2, -0.15) is 0 Å². The van der Waals surface area contributed by atoms with E-state index in [0.29, 0.717) is 5.92 Å². The summed E-state index contributed by atoms with van der Waals surface area (Å²) < 4.78 is 5.93. The summed E-state index contributed by atoms with van der Waals surface area (Å²) in [5.74, 6) is 2.46. The number of rotatable bonds is 4. The van der Waals surface area contributed by atoms with Gasteiger partial charge in [0.2, 0.25) is 0 Å². The molecule has 1 saturated carbocycles. The van der Waals surface area contributed by atoms with E-state index in [1.165, 1.54) is 30.4 Å². The van der Waals surface area contributed by atoms with Crippen molar-refractivity contribution in [3.05, 3.63) is 29.3 Å². The summed E-state index contributed by atoms with van der Waals surface area (Å²) >= 11 is 0. The SMILES string of the molecule is Cc1ccc(C(C)C)cc1OCC1CCC1. The zero-order chi connectivity index (χ0) is 11.5. The second-order valence-corrected chi connectivity index (χ2v) is 5.29. The van der Waals surface area contributed by atoms with E-state index in [9.17, 15) is 0 Å². The van der Waals surface area contributed by atoms with Crippen LogP contribution in [0.4, 0.5) is 0 Å². The van der Waals surface area contributed by atoms with E-state index in [1.807, 2.05) is 0 Å². The van der Waals surface area contributed by atoms with Gasteiger partial charge in [0.15, 0.2) is 0 Å². The summed E-state index contributed by atoms with van der Waals surface area (Å²) in [6.07, 6.45) is 4.09. The Balaban J connectivity index is 2.02. The van der Waals surface area contributed by atoms with Crippen LogP contribution in [0.15, 0.2) is 18.2 Å². The van der Waals surface area contributed by atoms with Gasteiger partial charge in [-0.1, -0.05) is 32.4 Å². The van der Waals surface area contributed by atoms with Gasteiger partial charge >= 0.3 is 0 Å². The van der Waals surface area contributed by atoms with Gasteiger partial charge in [0.25, 0.3) is 0 Å². The number of benzene rings is 1. The molecular formula is C15H22O. The molecule has 0 amide bonds. The molecule has 0 N–H and O–H groups in total. The van der Waals surface area contributed by atoms with Crippen LogP contribution in [0.25, 0.3) is 0 Å². The molecule has 1 fully saturated rings. The first-order chi connectivity index (χ1) is 7.66. The van der Waals surface area contributed by atoms with Crippen LogP contribution in [0.2, 0.25) is 0 Å². The zero-order valence-electron chi connectivity index (χ0n) is 10.6. The highest BCUT2D eigenvalue weighted by Crippen LogP contribution is 2.29. The van der Waals surface area contributed by atoms with Gasteiger partial charge in [0.05, 0.1) is 6.61 Å². The molecule has 0 unspecified atom stereocenters. The molecule has 0 radical (unpaired) electrons.